The van der Waals surface area contributed by atoms with Gasteiger partial charge in [-0.1, -0.05) is 25.0 Å². The van der Waals surface area contributed by atoms with Crippen molar-refractivity contribution >= 4 is 11.6 Å². The van der Waals surface area contributed by atoms with Crippen LogP contribution in [0.25, 0.3) is 0 Å². The summed E-state index contributed by atoms with van der Waals surface area (Å²) in [5.41, 5.74) is 9.48. The predicted molar refractivity (Wildman–Crippen MR) is 84.9 cm³/mol. The number of fused-ring (bicyclic) bond motifs is 1. The first-order valence-corrected chi connectivity index (χ1v) is 8.10. The summed E-state index contributed by atoms with van der Waals surface area (Å²) in [6.45, 7) is 4.21. The van der Waals surface area contributed by atoms with Gasteiger partial charge in [0, 0.05) is 31.9 Å². The molecule has 0 aliphatic carbocycles. The molecule has 2 aliphatic rings. The number of benzene rings is 1. The van der Waals surface area contributed by atoms with E-state index in [4.69, 9.17) is 5.73 Å². The molecular formula is C17H25N3O. The maximum absolute atomic E-state index is 12.5. The highest BCUT2D eigenvalue weighted by molar-refractivity contribution is 5.78. The summed E-state index contributed by atoms with van der Waals surface area (Å²) < 4.78 is 0. The summed E-state index contributed by atoms with van der Waals surface area (Å²) in [5.74, 6) is 0.296. The summed E-state index contributed by atoms with van der Waals surface area (Å²) in [7, 11) is 0. The Hall–Kier alpha value is -1.55. The van der Waals surface area contributed by atoms with E-state index in [1.165, 1.54) is 24.0 Å². The molecular weight excluding hydrogens is 262 g/mol. The summed E-state index contributed by atoms with van der Waals surface area (Å²) in [6, 6.07) is 6.11. The molecule has 1 aromatic rings. The zero-order chi connectivity index (χ0) is 14.7. The van der Waals surface area contributed by atoms with Gasteiger partial charge in [-0.25, -0.2) is 0 Å². The number of carbonyl (C=O) groups excluding carboxylic acids is 1. The molecule has 4 heteroatoms. The molecule has 1 saturated heterocycles. The van der Waals surface area contributed by atoms with E-state index < -0.39 is 0 Å². The molecule has 1 fully saturated rings. The number of hydrogen-bond acceptors (Lipinski definition) is 3. The molecule has 21 heavy (non-hydrogen) atoms. The van der Waals surface area contributed by atoms with E-state index in [1.807, 2.05) is 12.1 Å². The number of rotatable bonds is 2. The van der Waals surface area contributed by atoms with Crippen LogP contribution < -0.4 is 5.73 Å². The maximum atomic E-state index is 12.5. The number of likely N-dealkylation sites (tertiary alicyclic amines) is 1. The average molecular weight is 287 g/mol. The molecule has 3 rings (SSSR count). The van der Waals surface area contributed by atoms with Crippen LogP contribution in [0, 0.1) is 0 Å². The number of anilines is 1. The number of hydrogen-bond donors (Lipinski definition) is 1. The lowest BCUT2D eigenvalue weighted by molar-refractivity contribution is -0.132. The first-order chi connectivity index (χ1) is 10.2. The van der Waals surface area contributed by atoms with Crippen molar-refractivity contribution in [1.82, 2.24) is 9.80 Å². The van der Waals surface area contributed by atoms with Crippen LogP contribution in [0.3, 0.4) is 0 Å². The van der Waals surface area contributed by atoms with Crippen LogP contribution in [-0.4, -0.2) is 41.9 Å². The van der Waals surface area contributed by atoms with E-state index >= 15 is 0 Å². The van der Waals surface area contributed by atoms with Gasteiger partial charge in [0.1, 0.15) is 0 Å². The number of carbonyl (C=O) groups is 1. The van der Waals surface area contributed by atoms with Gasteiger partial charge in [0.25, 0.3) is 0 Å². The van der Waals surface area contributed by atoms with E-state index in [2.05, 4.69) is 15.9 Å². The Kier molecular flexibility index (Phi) is 4.44. The van der Waals surface area contributed by atoms with Gasteiger partial charge in [-0.15, -0.1) is 0 Å². The lowest BCUT2D eigenvalue weighted by Crippen LogP contribution is -2.42. The third-order valence-corrected chi connectivity index (χ3v) is 4.70. The molecule has 4 nitrogen and oxygen atoms in total. The van der Waals surface area contributed by atoms with Gasteiger partial charge in [-0.05, 0) is 36.5 Å². The van der Waals surface area contributed by atoms with Gasteiger partial charge in [0.15, 0.2) is 0 Å². The maximum Gasteiger partial charge on any atom is 0.236 e. The smallest absolute Gasteiger partial charge is 0.236 e. The highest BCUT2D eigenvalue weighted by Crippen LogP contribution is 2.24. The number of nitrogens with zero attached hydrogens (tertiary/aromatic N) is 2. The van der Waals surface area contributed by atoms with E-state index in [1.54, 1.807) is 0 Å². The van der Waals surface area contributed by atoms with Gasteiger partial charge < -0.3 is 10.6 Å². The van der Waals surface area contributed by atoms with E-state index in [-0.39, 0.29) is 0 Å². The van der Waals surface area contributed by atoms with Crippen molar-refractivity contribution in [1.29, 1.82) is 0 Å². The average Bonchev–Trinajstić information content (AvgIpc) is 2.76. The fraction of sp³-hybridized carbons (Fsp3) is 0.588. The molecule has 2 heterocycles. The van der Waals surface area contributed by atoms with Crippen molar-refractivity contribution in [3.8, 4) is 0 Å². The summed E-state index contributed by atoms with van der Waals surface area (Å²) in [6.07, 6.45) is 5.80. The lowest BCUT2D eigenvalue weighted by Gasteiger charge is -2.31. The largest absolute Gasteiger partial charge is 0.398 e. The Morgan fingerprint density at radius 3 is 2.62 bits per heavy atom. The molecule has 0 radical (unpaired) electrons. The summed E-state index contributed by atoms with van der Waals surface area (Å²) in [4.78, 5) is 16.8. The molecule has 114 valence electrons. The van der Waals surface area contributed by atoms with Crippen LogP contribution in [0.5, 0.6) is 0 Å². The van der Waals surface area contributed by atoms with Gasteiger partial charge in [-0.3, -0.25) is 9.69 Å². The number of nitrogen functional groups attached to an aromatic ring is 1. The Bertz CT molecular complexity index is 507. The standard InChI is InChI=1S/C17H25N3O/c18-16-7-5-6-14-12-19(11-8-15(14)16)13-17(21)20-9-3-1-2-4-10-20/h5-7H,1-4,8-13,18H2. The van der Waals surface area contributed by atoms with Crippen LogP contribution in [0.4, 0.5) is 5.69 Å². The zero-order valence-electron chi connectivity index (χ0n) is 12.7. The summed E-state index contributed by atoms with van der Waals surface area (Å²) in [5, 5.41) is 0. The molecule has 2 aliphatic heterocycles. The van der Waals surface area contributed by atoms with Gasteiger partial charge in [-0.2, -0.15) is 0 Å². The van der Waals surface area contributed by atoms with Gasteiger partial charge >= 0.3 is 0 Å². The normalized spacial score (nSPS) is 19.9. The fourth-order valence-corrected chi connectivity index (χ4v) is 3.44. The second-order valence-corrected chi connectivity index (χ2v) is 6.24. The van der Waals surface area contributed by atoms with Crippen molar-refractivity contribution in [3.63, 3.8) is 0 Å². The first-order valence-electron chi connectivity index (χ1n) is 8.10. The minimum absolute atomic E-state index is 0.296. The van der Waals surface area contributed by atoms with Crippen LogP contribution >= 0.6 is 0 Å². The van der Waals surface area contributed by atoms with Crippen LogP contribution in [0.2, 0.25) is 0 Å². The van der Waals surface area contributed by atoms with Crippen molar-refractivity contribution in [3.05, 3.63) is 29.3 Å². The first kappa shape index (κ1) is 14.4. The molecule has 0 aromatic heterocycles. The minimum atomic E-state index is 0.296. The van der Waals surface area contributed by atoms with E-state index in [0.717, 1.165) is 51.1 Å². The second kappa shape index (κ2) is 6.48. The topological polar surface area (TPSA) is 49.6 Å². The monoisotopic (exact) mass is 287 g/mol. The number of nitrogens with two attached hydrogens (primary N) is 1. The fourth-order valence-electron chi connectivity index (χ4n) is 3.44. The molecule has 0 unspecified atom stereocenters. The van der Waals surface area contributed by atoms with Gasteiger partial charge in [0.2, 0.25) is 5.91 Å². The van der Waals surface area contributed by atoms with Crippen molar-refractivity contribution in [2.75, 3.05) is 31.9 Å². The van der Waals surface area contributed by atoms with E-state index in [0.29, 0.717) is 12.5 Å². The van der Waals surface area contributed by atoms with Crippen LogP contribution in [0.15, 0.2) is 18.2 Å². The zero-order valence-corrected chi connectivity index (χ0v) is 12.7. The van der Waals surface area contributed by atoms with Gasteiger partial charge in [0.05, 0.1) is 6.54 Å². The van der Waals surface area contributed by atoms with Crippen LogP contribution in [0.1, 0.15) is 36.8 Å². The molecule has 0 saturated carbocycles. The van der Waals surface area contributed by atoms with Crippen molar-refractivity contribution in [2.45, 2.75) is 38.6 Å². The highest BCUT2D eigenvalue weighted by atomic mass is 16.2. The molecule has 0 atom stereocenters. The SMILES string of the molecule is Nc1cccc2c1CCN(CC(=O)N1CCCCCC1)C2. The Balaban J connectivity index is 1.60. The molecule has 2 N–H and O–H groups in total. The van der Waals surface area contributed by atoms with E-state index in [9.17, 15) is 4.79 Å². The quantitative estimate of drug-likeness (QED) is 0.847. The lowest BCUT2D eigenvalue weighted by atomic mass is 9.98. The Morgan fingerprint density at radius 1 is 1.10 bits per heavy atom. The number of amides is 1. The molecule has 1 aromatic carbocycles. The minimum Gasteiger partial charge on any atom is -0.398 e. The third kappa shape index (κ3) is 3.38. The van der Waals surface area contributed by atoms with Crippen molar-refractivity contribution in [2.24, 2.45) is 0 Å². The predicted octanol–water partition coefficient (Wildman–Crippen LogP) is 2.03. The molecule has 0 bridgehead atoms. The van der Waals surface area contributed by atoms with Crippen LogP contribution in [-0.2, 0) is 17.8 Å². The Labute approximate surface area is 126 Å². The second-order valence-electron chi connectivity index (χ2n) is 6.24. The molecule has 1 amide bonds. The summed E-state index contributed by atoms with van der Waals surface area (Å²) >= 11 is 0. The molecule has 0 spiro atoms. The highest BCUT2D eigenvalue weighted by Gasteiger charge is 2.22. The Morgan fingerprint density at radius 2 is 1.86 bits per heavy atom. The third-order valence-electron chi connectivity index (χ3n) is 4.70. The van der Waals surface area contributed by atoms with Crippen molar-refractivity contribution < 1.29 is 4.79 Å².